The zero-order valence-corrected chi connectivity index (χ0v) is 9.02. The van der Waals surface area contributed by atoms with Gasteiger partial charge in [-0.25, -0.2) is 10.2 Å². The number of anilines is 1. The first-order valence-corrected chi connectivity index (χ1v) is 5.18. The van der Waals surface area contributed by atoms with Crippen molar-refractivity contribution in [1.29, 1.82) is 0 Å². The molecule has 17 heavy (non-hydrogen) atoms. The van der Waals surface area contributed by atoms with Gasteiger partial charge in [0.05, 0.1) is 5.92 Å². The highest BCUT2D eigenvalue weighted by Crippen LogP contribution is 2.25. The fourth-order valence-corrected chi connectivity index (χ4v) is 1.89. The van der Waals surface area contributed by atoms with Crippen molar-refractivity contribution in [2.75, 3.05) is 11.4 Å². The zero-order chi connectivity index (χ0) is 12.4. The average molecular weight is 237 g/mol. The maximum absolute atomic E-state index is 13.0. The molecule has 5 nitrogen and oxygen atoms in total. The minimum absolute atomic E-state index is 0.0968. The lowest BCUT2D eigenvalue weighted by Crippen LogP contribution is -2.37. The molecule has 0 spiro atoms. The van der Waals surface area contributed by atoms with E-state index in [1.165, 1.54) is 23.1 Å². The summed E-state index contributed by atoms with van der Waals surface area (Å²) >= 11 is 0. The lowest BCUT2D eigenvalue weighted by atomic mass is 10.1. The molecule has 0 aromatic heterocycles. The van der Waals surface area contributed by atoms with Crippen molar-refractivity contribution in [3.05, 3.63) is 30.1 Å². The van der Waals surface area contributed by atoms with E-state index < -0.39 is 11.7 Å². The highest BCUT2D eigenvalue weighted by Gasteiger charge is 2.34. The Morgan fingerprint density at radius 3 is 2.94 bits per heavy atom. The van der Waals surface area contributed by atoms with Crippen LogP contribution in [0.3, 0.4) is 0 Å². The first kappa shape index (κ1) is 11.5. The van der Waals surface area contributed by atoms with E-state index in [2.05, 4.69) is 0 Å². The van der Waals surface area contributed by atoms with Gasteiger partial charge in [0.15, 0.2) is 0 Å². The summed E-state index contributed by atoms with van der Waals surface area (Å²) in [5.74, 6) is 3.54. The summed E-state index contributed by atoms with van der Waals surface area (Å²) in [5, 5.41) is 0. The second-order valence-corrected chi connectivity index (χ2v) is 3.89. The number of hydrogen-bond acceptors (Lipinski definition) is 3. The van der Waals surface area contributed by atoms with Gasteiger partial charge in [-0.3, -0.25) is 15.0 Å². The van der Waals surface area contributed by atoms with E-state index in [0.717, 1.165) is 0 Å². The fraction of sp³-hybridized carbons (Fsp3) is 0.273. The highest BCUT2D eigenvalue weighted by molar-refractivity contribution is 6.00. The molecule has 6 heteroatoms. The Labute approximate surface area is 97.4 Å². The van der Waals surface area contributed by atoms with Crippen LogP contribution in [0.25, 0.3) is 0 Å². The predicted molar refractivity (Wildman–Crippen MR) is 59.2 cm³/mol. The minimum Gasteiger partial charge on any atom is -0.311 e. The summed E-state index contributed by atoms with van der Waals surface area (Å²) in [6, 6.07) is 5.72. The number of rotatable bonds is 2. The predicted octanol–water partition coefficient (Wildman–Crippen LogP) is 0.168. The SMILES string of the molecule is NNC(=O)C1CC(=O)N(c2cccc(F)c2)C1. The first-order valence-electron chi connectivity index (χ1n) is 5.18. The highest BCUT2D eigenvalue weighted by atomic mass is 19.1. The molecular weight excluding hydrogens is 225 g/mol. The maximum Gasteiger partial charge on any atom is 0.239 e. The standard InChI is InChI=1S/C11H12FN3O2/c12-8-2-1-3-9(5-8)15-6-7(4-10(15)16)11(17)14-13/h1-3,5,7H,4,6,13H2,(H,14,17). The van der Waals surface area contributed by atoms with Crippen LogP contribution in [0.4, 0.5) is 10.1 Å². The van der Waals surface area contributed by atoms with Crippen molar-refractivity contribution in [2.45, 2.75) is 6.42 Å². The van der Waals surface area contributed by atoms with Crippen LogP contribution >= 0.6 is 0 Å². The molecule has 1 aliphatic heterocycles. The van der Waals surface area contributed by atoms with E-state index in [1.807, 2.05) is 5.43 Å². The topological polar surface area (TPSA) is 75.4 Å². The van der Waals surface area contributed by atoms with Gasteiger partial charge >= 0.3 is 0 Å². The quantitative estimate of drug-likeness (QED) is 0.437. The molecule has 1 aromatic rings. The number of halogens is 1. The molecule has 0 radical (unpaired) electrons. The van der Waals surface area contributed by atoms with Crippen LogP contribution in [-0.2, 0) is 9.59 Å². The Morgan fingerprint density at radius 1 is 1.53 bits per heavy atom. The monoisotopic (exact) mass is 237 g/mol. The average Bonchev–Trinajstić information content (AvgIpc) is 2.70. The third kappa shape index (κ3) is 2.26. The van der Waals surface area contributed by atoms with Gasteiger partial charge in [-0.05, 0) is 18.2 Å². The van der Waals surface area contributed by atoms with Gasteiger partial charge < -0.3 is 4.90 Å². The molecule has 0 bridgehead atoms. The maximum atomic E-state index is 13.0. The van der Waals surface area contributed by atoms with Crippen LogP contribution < -0.4 is 16.2 Å². The van der Waals surface area contributed by atoms with Gasteiger partial charge in [0.25, 0.3) is 0 Å². The Morgan fingerprint density at radius 2 is 2.29 bits per heavy atom. The molecule has 1 heterocycles. The van der Waals surface area contributed by atoms with Crippen molar-refractivity contribution in [3.8, 4) is 0 Å². The Balaban J connectivity index is 2.18. The van der Waals surface area contributed by atoms with E-state index >= 15 is 0 Å². The molecule has 1 fully saturated rings. The van der Waals surface area contributed by atoms with Crippen molar-refractivity contribution < 1.29 is 14.0 Å². The number of amides is 2. The third-order valence-electron chi connectivity index (χ3n) is 2.76. The van der Waals surface area contributed by atoms with Crippen molar-refractivity contribution in [3.63, 3.8) is 0 Å². The van der Waals surface area contributed by atoms with Crippen LogP contribution in [0.1, 0.15) is 6.42 Å². The molecule has 1 aliphatic rings. The summed E-state index contributed by atoms with van der Waals surface area (Å²) in [5.41, 5.74) is 2.48. The Kier molecular flexibility index (Phi) is 3.06. The summed E-state index contributed by atoms with van der Waals surface area (Å²) in [6.45, 7) is 0.228. The van der Waals surface area contributed by atoms with Crippen LogP contribution in [0.5, 0.6) is 0 Å². The number of hydrazine groups is 1. The van der Waals surface area contributed by atoms with E-state index in [4.69, 9.17) is 5.84 Å². The number of carbonyl (C=O) groups excluding carboxylic acids is 2. The van der Waals surface area contributed by atoms with Crippen molar-refractivity contribution >= 4 is 17.5 Å². The number of nitrogens with two attached hydrogens (primary N) is 1. The summed E-state index contributed by atoms with van der Waals surface area (Å²) in [4.78, 5) is 24.4. The van der Waals surface area contributed by atoms with Crippen LogP contribution in [0.15, 0.2) is 24.3 Å². The number of nitrogens with one attached hydrogen (secondary N) is 1. The van der Waals surface area contributed by atoms with E-state index in [-0.39, 0.29) is 24.8 Å². The largest absolute Gasteiger partial charge is 0.311 e. The van der Waals surface area contributed by atoms with Gasteiger partial charge in [-0.1, -0.05) is 6.07 Å². The summed E-state index contributed by atoms with van der Waals surface area (Å²) in [6.07, 6.45) is 0.0968. The molecule has 2 amide bonds. The number of hydrogen-bond donors (Lipinski definition) is 2. The number of nitrogens with zero attached hydrogens (tertiary/aromatic N) is 1. The Hall–Kier alpha value is -1.95. The number of carbonyl (C=O) groups is 2. The molecule has 90 valence electrons. The normalized spacial score (nSPS) is 19.5. The van der Waals surface area contributed by atoms with Gasteiger partial charge in [-0.2, -0.15) is 0 Å². The molecule has 3 N–H and O–H groups in total. The second kappa shape index (κ2) is 4.50. The minimum atomic E-state index is -0.476. The van der Waals surface area contributed by atoms with E-state index in [1.54, 1.807) is 6.07 Å². The van der Waals surface area contributed by atoms with Crippen LogP contribution in [0.2, 0.25) is 0 Å². The van der Waals surface area contributed by atoms with Gasteiger partial charge in [0.2, 0.25) is 11.8 Å². The Bertz CT molecular complexity index is 464. The zero-order valence-electron chi connectivity index (χ0n) is 9.02. The molecule has 2 rings (SSSR count). The lowest BCUT2D eigenvalue weighted by Gasteiger charge is -2.16. The summed E-state index contributed by atoms with van der Waals surface area (Å²) in [7, 11) is 0. The van der Waals surface area contributed by atoms with Gasteiger partial charge in [-0.15, -0.1) is 0 Å². The molecule has 1 unspecified atom stereocenters. The molecule has 1 saturated heterocycles. The van der Waals surface area contributed by atoms with E-state index in [9.17, 15) is 14.0 Å². The third-order valence-corrected chi connectivity index (χ3v) is 2.76. The number of benzene rings is 1. The smallest absolute Gasteiger partial charge is 0.239 e. The second-order valence-electron chi connectivity index (χ2n) is 3.89. The molecule has 1 atom stereocenters. The lowest BCUT2D eigenvalue weighted by molar-refractivity contribution is -0.126. The van der Waals surface area contributed by atoms with Crippen LogP contribution in [-0.4, -0.2) is 18.4 Å². The molecule has 0 saturated carbocycles. The van der Waals surface area contributed by atoms with Crippen molar-refractivity contribution in [1.82, 2.24) is 5.43 Å². The molecule has 1 aromatic carbocycles. The first-order chi connectivity index (χ1) is 8.11. The van der Waals surface area contributed by atoms with Gasteiger partial charge in [0.1, 0.15) is 5.82 Å². The van der Waals surface area contributed by atoms with E-state index in [0.29, 0.717) is 5.69 Å². The van der Waals surface area contributed by atoms with Crippen LogP contribution in [0, 0.1) is 11.7 Å². The molecule has 0 aliphatic carbocycles. The van der Waals surface area contributed by atoms with Crippen molar-refractivity contribution in [2.24, 2.45) is 11.8 Å². The fourth-order valence-electron chi connectivity index (χ4n) is 1.89. The molecular formula is C11H12FN3O2. The van der Waals surface area contributed by atoms with Gasteiger partial charge in [0, 0.05) is 18.7 Å². The summed E-state index contributed by atoms with van der Waals surface area (Å²) < 4.78 is 13.0.